The lowest BCUT2D eigenvalue weighted by Crippen LogP contribution is -2.45. The van der Waals surface area contributed by atoms with E-state index in [0.29, 0.717) is 45.2 Å². The van der Waals surface area contributed by atoms with E-state index in [1.165, 1.54) is 0 Å². The molecule has 0 bridgehead atoms. The van der Waals surface area contributed by atoms with Crippen molar-refractivity contribution in [3.8, 4) is 0 Å². The quantitative estimate of drug-likeness (QED) is 0.0609. The van der Waals surface area contributed by atoms with Gasteiger partial charge in [0, 0.05) is 0 Å². The third-order valence-corrected chi connectivity index (χ3v) is 5.62. The molecule has 11 N–H and O–H groups in total. The fourth-order valence-electron chi connectivity index (χ4n) is 3.55. The predicted octanol–water partition coefficient (Wildman–Crippen LogP) is 0.329. The van der Waals surface area contributed by atoms with Crippen molar-refractivity contribution in [2.45, 2.75) is 128 Å². The van der Waals surface area contributed by atoms with Crippen LogP contribution in [0.4, 0.5) is 0 Å². The van der Waals surface area contributed by atoms with Crippen LogP contribution in [0.15, 0.2) is 0 Å². The van der Waals surface area contributed by atoms with Gasteiger partial charge in [0.15, 0.2) is 12.2 Å². The first-order valence-corrected chi connectivity index (χ1v) is 13.0. The van der Waals surface area contributed by atoms with Crippen LogP contribution in [0.1, 0.15) is 90.9 Å². The molecule has 208 valence electrons. The molecule has 35 heavy (non-hydrogen) atoms. The largest absolute Gasteiger partial charge is 0.450 e. The van der Waals surface area contributed by atoms with Crippen LogP contribution in [-0.4, -0.2) is 72.0 Å². The maximum absolute atomic E-state index is 13.0. The molecule has 0 aliphatic heterocycles. The third-order valence-electron chi connectivity index (χ3n) is 5.62. The van der Waals surface area contributed by atoms with Crippen molar-refractivity contribution in [1.82, 2.24) is 5.32 Å². The number of rotatable bonds is 22. The van der Waals surface area contributed by atoms with Gasteiger partial charge in [0.2, 0.25) is 0 Å². The van der Waals surface area contributed by atoms with Gasteiger partial charge < -0.3 is 47.9 Å². The van der Waals surface area contributed by atoms with Crippen molar-refractivity contribution < 1.29 is 29.3 Å². The average molecular weight is 506 g/mol. The molecule has 0 radical (unpaired) electrons. The van der Waals surface area contributed by atoms with Gasteiger partial charge in [0.25, 0.3) is 5.91 Å². The molecule has 0 aliphatic rings. The van der Waals surface area contributed by atoms with E-state index in [1.807, 2.05) is 6.92 Å². The van der Waals surface area contributed by atoms with Crippen molar-refractivity contribution in [2.24, 2.45) is 22.9 Å². The highest BCUT2D eigenvalue weighted by molar-refractivity contribution is 5.85. The van der Waals surface area contributed by atoms with E-state index >= 15 is 0 Å². The van der Waals surface area contributed by atoms with Crippen LogP contribution in [0.2, 0.25) is 0 Å². The average Bonchev–Trinajstić information content (AvgIpc) is 2.79. The molecule has 5 atom stereocenters. The summed E-state index contributed by atoms with van der Waals surface area (Å²) in [6, 6.07) is 0. The van der Waals surface area contributed by atoms with Crippen LogP contribution in [0.3, 0.4) is 0 Å². The Morgan fingerprint density at radius 1 is 0.771 bits per heavy atom. The van der Waals surface area contributed by atoms with Crippen LogP contribution in [0.25, 0.3) is 0 Å². The molecule has 0 saturated carbocycles. The summed E-state index contributed by atoms with van der Waals surface area (Å²) in [5.74, 6) is -1.23. The fraction of sp³-hybridized carbons (Fsp3) is 0.917. The summed E-state index contributed by atoms with van der Waals surface area (Å²) in [4.78, 5) is 25.7. The molecule has 0 aromatic heterocycles. The van der Waals surface area contributed by atoms with Gasteiger partial charge >= 0.3 is 5.97 Å². The monoisotopic (exact) mass is 505 g/mol. The highest BCUT2D eigenvalue weighted by atomic mass is 16.6. The maximum Gasteiger partial charge on any atom is 0.336 e. The number of ether oxygens (including phenoxy) is 2. The first kappa shape index (κ1) is 33.7. The minimum atomic E-state index is -1.07. The summed E-state index contributed by atoms with van der Waals surface area (Å²) in [5, 5.41) is 22.2. The van der Waals surface area contributed by atoms with Crippen molar-refractivity contribution in [3.05, 3.63) is 0 Å². The summed E-state index contributed by atoms with van der Waals surface area (Å²) in [5.41, 5.74) is 22.1. The second-order valence-electron chi connectivity index (χ2n) is 9.33. The number of carbonyl (C=O) groups excluding carboxylic acids is 2. The Labute approximate surface area is 210 Å². The Kier molecular flexibility index (Phi) is 20.0. The van der Waals surface area contributed by atoms with Gasteiger partial charge in [-0.05, 0) is 84.7 Å². The predicted molar refractivity (Wildman–Crippen MR) is 136 cm³/mol. The molecule has 11 heteroatoms. The van der Waals surface area contributed by atoms with Gasteiger partial charge in [0.05, 0.1) is 18.4 Å². The SMILES string of the molecule is CC(O)CCC(OC(C)CCCCCC(N)N)C(=O)OC(CCCCN)C(=O)NC(O)CCCN. The van der Waals surface area contributed by atoms with Gasteiger partial charge in [-0.15, -0.1) is 0 Å². The van der Waals surface area contributed by atoms with Gasteiger partial charge in [-0.1, -0.05) is 19.3 Å². The van der Waals surface area contributed by atoms with E-state index in [4.69, 9.17) is 32.4 Å². The lowest BCUT2D eigenvalue weighted by molar-refractivity contribution is -0.172. The van der Waals surface area contributed by atoms with Gasteiger partial charge in [-0.3, -0.25) is 4.79 Å². The van der Waals surface area contributed by atoms with Gasteiger partial charge in [0.1, 0.15) is 6.23 Å². The minimum absolute atomic E-state index is 0.212. The lowest BCUT2D eigenvalue weighted by atomic mass is 10.1. The number of nitrogens with one attached hydrogen (secondary N) is 1. The number of amides is 1. The number of hydrogen-bond donors (Lipinski definition) is 7. The zero-order valence-corrected chi connectivity index (χ0v) is 21.7. The number of esters is 1. The van der Waals surface area contributed by atoms with Crippen LogP contribution in [0.5, 0.6) is 0 Å². The third kappa shape index (κ3) is 18.6. The molecule has 0 rings (SSSR count). The number of aliphatic hydroxyl groups is 2. The van der Waals surface area contributed by atoms with Gasteiger partial charge in [-0.25, -0.2) is 4.79 Å². The van der Waals surface area contributed by atoms with Crippen molar-refractivity contribution >= 4 is 11.9 Å². The van der Waals surface area contributed by atoms with E-state index in [2.05, 4.69) is 5.32 Å². The molecule has 0 aromatic carbocycles. The van der Waals surface area contributed by atoms with E-state index < -0.39 is 36.4 Å². The summed E-state index contributed by atoms with van der Waals surface area (Å²) in [6.45, 7) is 4.37. The molecule has 0 spiro atoms. The molecule has 0 saturated heterocycles. The fourth-order valence-corrected chi connectivity index (χ4v) is 3.55. The molecule has 1 amide bonds. The molecular formula is C24H51N5O6. The number of hydrogen-bond acceptors (Lipinski definition) is 10. The van der Waals surface area contributed by atoms with Crippen LogP contribution in [-0.2, 0) is 19.1 Å². The number of nitrogens with two attached hydrogens (primary N) is 4. The van der Waals surface area contributed by atoms with E-state index in [1.54, 1.807) is 6.92 Å². The molecule has 11 nitrogen and oxygen atoms in total. The van der Waals surface area contributed by atoms with Crippen molar-refractivity contribution in [3.63, 3.8) is 0 Å². The van der Waals surface area contributed by atoms with Gasteiger partial charge in [-0.2, -0.15) is 0 Å². The van der Waals surface area contributed by atoms with E-state index in [9.17, 15) is 19.8 Å². The van der Waals surface area contributed by atoms with Crippen molar-refractivity contribution in [1.29, 1.82) is 0 Å². The minimum Gasteiger partial charge on any atom is -0.450 e. The second kappa shape index (κ2) is 20.8. The molecule has 0 aliphatic carbocycles. The zero-order valence-electron chi connectivity index (χ0n) is 21.7. The Morgan fingerprint density at radius 2 is 1.40 bits per heavy atom. The summed E-state index contributed by atoms with van der Waals surface area (Å²) in [6.07, 6.45) is 3.10. The van der Waals surface area contributed by atoms with Crippen molar-refractivity contribution in [2.75, 3.05) is 13.1 Å². The van der Waals surface area contributed by atoms with E-state index in [0.717, 1.165) is 32.1 Å². The molecule has 0 aromatic rings. The first-order chi connectivity index (χ1) is 16.6. The standard InChI is InChI=1S/C24H51N5O6/c1-17(30)13-14-20(34-18(2)9-4-3-5-11-21(27)28)24(33)35-19(10-6-7-15-25)23(32)29-22(31)12-8-16-26/h17-22,30-31H,3-16,25-28H2,1-2H3,(H,29,32). The second-order valence-corrected chi connectivity index (χ2v) is 9.33. The molecular weight excluding hydrogens is 454 g/mol. The topological polar surface area (TPSA) is 209 Å². The number of carbonyl (C=O) groups is 2. The Balaban J connectivity index is 5.05. The Morgan fingerprint density at radius 3 is 2.00 bits per heavy atom. The summed E-state index contributed by atoms with van der Waals surface area (Å²) >= 11 is 0. The zero-order chi connectivity index (χ0) is 26.6. The highest BCUT2D eigenvalue weighted by Crippen LogP contribution is 2.17. The van der Waals surface area contributed by atoms with E-state index in [-0.39, 0.29) is 25.1 Å². The van der Waals surface area contributed by atoms with Crippen LogP contribution >= 0.6 is 0 Å². The Hall–Kier alpha value is -1.34. The van der Waals surface area contributed by atoms with Crippen LogP contribution < -0.4 is 28.3 Å². The number of unbranched alkanes of at least 4 members (excludes halogenated alkanes) is 3. The molecule has 0 fully saturated rings. The number of aliphatic hydroxyl groups excluding tert-OH is 2. The van der Waals surface area contributed by atoms with Crippen LogP contribution in [0, 0.1) is 0 Å². The molecule has 0 heterocycles. The normalized spacial score (nSPS) is 15.9. The maximum atomic E-state index is 13.0. The summed E-state index contributed by atoms with van der Waals surface area (Å²) < 4.78 is 11.5. The Bertz CT molecular complexity index is 552. The smallest absolute Gasteiger partial charge is 0.336 e. The summed E-state index contributed by atoms with van der Waals surface area (Å²) in [7, 11) is 0. The molecule has 5 unspecified atom stereocenters. The lowest BCUT2D eigenvalue weighted by Gasteiger charge is -2.25. The highest BCUT2D eigenvalue weighted by Gasteiger charge is 2.30. The first-order valence-electron chi connectivity index (χ1n) is 13.0.